The molecule has 0 saturated carbocycles. The van der Waals surface area contributed by atoms with Crippen LogP contribution in [0.15, 0.2) is 0 Å². The van der Waals surface area contributed by atoms with Crippen molar-refractivity contribution in [1.82, 2.24) is 10.3 Å². The summed E-state index contributed by atoms with van der Waals surface area (Å²) in [6.45, 7) is 4.14. The van der Waals surface area contributed by atoms with Crippen LogP contribution in [0.1, 0.15) is 6.92 Å². The molecule has 0 aliphatic carbocycles. The lowest BCUT2D eigenvalue weighted by atomic mass is 10.2. The molecule has 0 spiro atoms. The summed E-state index contributed by atoms with van der Waals surface area (Å²) in [5, 5.41) is 0. The Labute approximate surface area is 57.2 Å². The highest BCUT2D eigenvalue weighted by Crippen LogP contribution is 1.92. The number of hydrogen-bond acceptors (Lipinski definition) is 3. The van der Waals surface area contributed by atoms with Gasteiger partial charge in [-0.05, 0) is 20.0 Å². The highest BCUT2D eigenvalue weighted by molar-refractivity contribution is 4.56. The van der Waals surface area contributed by atoms with Gasteiger partial charge in [-0.2, -0.15) is 0 Å². The Morgan fingerprint density at radius 1 is 1.56 bits per heavy atom. The SMILES string of the molecule is CC(CNN)CN(C)C. The second-order valence-corrected chi connectivity index (χ2v) is 2.78. The lowest BCUT2D eigenvalue weighted by molar-refractivity contribution is 0.331. The Hall–Kier alpha value is -0.120. The number of nitrogens with one attached hydrogen (secondary N) is 1. The predicted octanol–water partition coefficient (Wildman–Crippen LogP) is -0.353. The van der Waals surface area contributed by atoms with Gasteiger partial charge in [-0.15, -0.1) is 0 Å². The van der Waals surface area contributed by atoms with Crippen molar-refractivity contribution >= 4 is 0 Å². The zero-order chi connectivity index (χ0) is 7.28. The van der Waals surface area contributed by atoms with Crippen molar-refractivity contribution in [3.05, 3.63) is 0 Å². The molecule has 0 amide bonds. The first-order valence-corrected chi connectivity index (χ1v) is 3.25. The maximum atomic E-state index is 5.14. The molecule has 0 fully saturated rings. The topological polar surface area (TPSA) is 41.3 Å². The smallest absolute Gasteiger partial charge is 0.0135 e. The molecule has 0 radical (unpaired) electrons. The molecule has 0 bridgehead atoms. The van der Waals surface area contributed by atoms with Crippen molar-refractivity contribution in [2.75, 3.05) is 27.2 Å². The van der Waals surface area contributed by atoms with E-state index in [1.807, 2.05) is 0 Å². The van der Waals surface area contributed by atoms with Crippen LogP contribution in [0.3, 0.4) is 0 Å². The minimum Gasteiger partial charge on any atom is -0.309 e. The van der Waals surface area contributed by atoms with Gasteiger partial charge in [0.05, 0.1) is 0 Å². The summed E-state index contributed by atoms with van der Waals surface area (Å²) in [5.74, 6) is 5.77. The van der Waals surface area contributed by atoms with Gasteiger partial charge in [-0.3, -0.25) is 11.3 Å². The molecule has 3 heteroatoms. The molecule has 0 saturated heterocycles. The third-order valence-corrected chi connectivity index (χ3v) is 1.14. The van der Waals surface area contributed by atoms with E-state index in [0.717, 1.165) is 13.1 Å². The third-order valence-electron chi connectivity index (χ3n) is 1.14. The van der Waals surface area contributed by atoms with Gasteiger partial charge in [0.2, 0.25) is 0 Å². The lowest BCUT2D eigenvalue weighted by Gasteiger charge is -2.15. The first kappa shape index (κ1) is 8.88. The molecule has 1 unspecified atom stereocenters. The van der Waals surface area contributed by atoms with Crippen LogP contribution in [-0.2, 0) is 0 Å². The molecule has 0 rings (SSSR count). The Bertz CT molecular complexity index is 63.3. The van der Waals surface area contributed by atoms with E-state index in [2.05, 4.69) is 31.3 Å². The number of hydrazine groups is 1. The maximum Gasteiger partial charge on any atom is 0.0135 e. The summed E-state index contributed by atoms with van der Waals surface area (Å²) < 4.78 is 0. The van der Waals surface area contributed by atoms with Gasteiger partial charge in [-0.1, -0.05) is 6.92 Å². The molecule has 0 aliphatic rings. The fourth-order valence-corrected chi connectivity index (χ4v) is 0.889. The molecule has 3 nitrogen and oxygen atoms in total. The molecule has 56 valence electrons. The molecule has 0 aromatic rings. The zero-order valence-electron chi connectivity index (χ0n) is 6.52. The second kappa shape index (κ2) is 4.73. The number of rotatable bonds is 4. The second-order valence-electron chi connectivity index (χ2n) is 2.78. The summed E-state index contributed by atoms with van der Waals surface area (Å²) in [6.07, 6.45) is 0. The van der Waals surface area contributed by atoms with Gasteiger partial charge in [0, 0.05) is 13.1 Å². The largest absolute Gasteiger partial charge is 0.309 e. The third kappa shape index (κ3) is 5.76. The van der Waals surface area contributed by atoms with Crippen LogP contribution in [-0.4, -0.2) is 32.1 Å². The molecule has 9 heavy (non-hydrogen) atoms. The number of hydrogen-bond donors (Lipinski definition) is 2. The number of nitrogens with two attached hydrogens (primary N) is 1. The molecule has 0 heterocycles. The fourth-order valence-electron chi connectivity index (χ4n) is 0.889. The van der Waals surface area contributed by atoms with E-state index < -0.39 is 0 Å². The number of nitrogens with zero attached hydrogens (tertiary/aromatic N) is 1. The van der Waals surface area contributed by atoms with Crippen LogP contribution < -0.4 is 11.3 Å². The Morgan fingerprint density at radius 2 is 2.11 bits per heavy atom. The Kier molecular flexibility index (Phi) is 4.67. The van der Waals surface area contributed by atoms with Crippen LogP contribution in [0.25, 0.3) is 0 Å². The van der Waals surface area contributed by atoms with Gasteiger partial charge < -0.3 is 4.90 Å². The van der Waals surface area contributed by atoms with Crippen molar-refractivity contribution in [3.63, 3.8) is 0 Å². The summed E-state index contributed by atoms with van der Waals surface area (Å²) in [4.78, 5) is 2.15. The Balaban J connectivity index is 3.15. The molecule has 3 N–H and O–H groups in total. The summed E-state index contributed by atoms with van der Waals surface area (Å²) in [6, 6.07) is 0. The van der Waals surface area contributed by atoms with E-state index in [1.165, 1.54) is 0 Å². The fraction of sp³-hybridized carbons (Fsp3) is 1.00. The molecule has 0 aromatic carbocycles. The summed E-state index contributed by atoms with van der Waals surface area (Å²) in [5.41, 5.74) is 2.65. The van der Waals surface area contributed by atoms with E-state index in [4.69, 9.17) is 5.84 Å². The summed E-state index contributed by atoms with van der Waals surface area (Å²) >= 11 is 0. The van der Waals surface area contributed by atoms with Crippen molar-refractivity contribution in [3.8, 4) is 0 Å². The zero-order valence-corrected chi connectivity index (χ0v) is 6.52. The van der Waals surface area contributed by atoms with Crippen LogP contribution in [0.5, 0.6) is 0 Å². The van der Waals surface area contributed by atoms with E-state index in [-0.39, 0.29) is 0 Å². The molecule has 1 atom stereocenters. The van der Waals surface area contributed by atoms with E-state index >= 15 is 0 Å². The lowest BCUT2D eigenvalue weighted by Crippen LogP contribution is -2.32. The van der Waals surface area contributed by atoms with E-state index in [1.54, 1.807) is 0 Å². The van der Waals surface area contributed by atoms with Crippen LogP contribution in [0, 0.1) is 5.92 Å². The summed E-state index contributed by atoms with van der Waals surface area (Å²) in [7, 11) is 4.13. The molecular formula is C6H17N3. The average Bonchev–Trinajstić information content (AvgIpc) is 1.63. The Morgan fingerprint density at radius 3 is 2.44 bits per heavy atom. The van der Waals surface area contributed by atoms with E-state index in [9.17, 15) is 0 Å². The van der Waals surface area contributed by atoms with Gasteiger partial charge in [0.15, 0.2) is 0 Å². The van der Waals surface area contributed by atoms with Gasteiger partial charge in [-0.25, -0.2) is 0 Å². The monoisotopic (exact) mass is 131 g/mol. The van der Waals surface area contributed by atoms with Crippen molar-refractivity contribution in [2.45, 2.75) is 6.92 Å². The normalized spacial score (nSPS) is 14.3. The minimum atomic E-state index is 0.630. The molecule has 0 aromatic heterocycles. The van der Waals surface area contributed by atoms with Crippen LogP contribution in [0.4, 0.5) is 0 Å². The predicted molar refractivity (Wildman–Crippen MR) is 39.9 cm³/mol. The van der Waals surface area contributed by atoms with Crippen molar-refractivity contribution in [2.24, 2.45) is 11.8 Å². The van der Waals surface area contributed by atoms with Gasteiger partial charge >= 0.3 is 0 Å². The standard InChI is InChI=1S/C6H17N3/c1-6(4-8-7)5-9(2)3/h6,8H,4-5,7H2,1-3H3. The molecule has 0 aliphatic heterocycles. The van der Waals surface area contributed by atoms with Crippen molar-refractivity contribution < 1.29 is 0 Å². The first-order valence-electron chi connectivity index (χ1n) is 3.25. The van der Waals surface area contributed by atoms with Gasteiger partial charge in [0.25, 0.3) is 0 Å². The van der Waals surface area contributed by atoms with E-state index in [0.29, 0.717) is 5.92 Å². The van der Waals surface area contributed by atoms with Crippen LogP contribution in [0.2, 0.25) is 0 Å². The average molecular weight is 131 g/mol. The highest BCUT2D eigenvalue weighted by Gasteiger charge is 2.00. The quantitative estimate of drug-likeness (QED) is 0.404. The van der Waals surface area contributed by atoms with Gasteiger partial charge in [0.1, 0.15) is 0 Å². The maximum absolute atomic E-state index is 5.14. The highest BCUT2D eigenvalue weighted by atomic mass is 15.2. The first-order chi connectivity index (χ1) is 4.16. The van der Waals surface area contributed by atoms with Crippen molar-refractivity contribution in [1.29, 1.82) is 0 Å². The van der Waals surface area contributed by atoms with Crippen LogP contribution >= 0.6 is 0 Å². The molecular weight excluding hydrogens is 114 g/mol. The minimum absolute atomic E-state index is 0.630.